The summed E-state index contributed by atoms with van der Waals surface area (Å²) >= 11 is 0. The Morgan fingerprint density at radius 1 is 1.04 bits per heavy atom. The van der Waals surface area contributed by atoms with Gasteiger partial charge in [-0.2, -0.15) is 0 Å². The van der Waals surface area contributed by atoms with Crippen molar-refractivity contribution in [1.29, 1.82) is 0 Å². The molecule has 3 rings (SSSR count). The molecular weight excluding hydrogens is 324 g/mol. The summed E-state index contributed by atoms with van der Waals surface area (Å²) in [6, 6.07) is 16.6. The highest BCUT2D eigenvalue weighted by Crippen LogP contribution is 2.26. The predicted molar refractivity (Wildman–Crippen MR) is 93.6 cm³/mol. The highest BCUT2D eigenvalue weighted by Gasteiger charge is 2.20. The molecule has 1 N–H and O–H groups in total. The van der Waals surface area contributed by atoms with Crippen LogP contribution < -0.4 is 10.1 Å². The minimum absolute atomic E-state index is 0.184. The van der Waals surface area contributed by atoms with Crippen molar-refractivity contribution in [1.82, 2.24) is 0 Å². The SMILES string of the molecule is CC[C@H](Oc1cccc2ccccc12)C(=O)Nc1ccc(F)c(F)c1. The number of carbonyl (C=O) groups is 1. The molecule has 3 aromatic carbocycles. The van der Waals surface area contributed by atoms with E-state index in [1.54, 1.807) is 6.07 Å². The second kappa shape index (κ2) is 7.30. The third kappa shape index (κ3) is 3.76. The van der Waals surface area contributed by atoms with Gasteiger partial charge in [-0.25, -0.2) is 8.78 Å². The van der Waals surface area contributed by atoms with Crippen LogP contribution in [-0.2, 0) is 4.79 Å². The quantitative estimate of drug-likeness (QED) is 0.716. The number of fused-ring (bicyclic) bond motifs is 1. The first-order chi connectivity index (χ1) is 12.1. The molecule has 3 aromatic rings. The number of hydrogen-bond acceptors (Lipinski definition) is 2. The maximum Gasteiger partial charge on any atom is 0.265 e. The van der Waals surface area contributed by atoms with Gasteiger partial charge in [-0.3, -0.25) is 4.79 Å². The van der Waals surface area contributed by atoms with Crippen molar-refractivity contribution >= 4 is 22.4 Å². The number of benzene rings is 3. The minimum atomic E-state index is -1.01. The van der Waals surface area contributed by atoms with E-state index in [-0.39, 0.29) is 5.69 Å². The zero-order valence-corrected chi connectivity index (χ0v) is 13.6. The maximum absolute atomic E-state index is 13.3. The number of halogens is 2. The van der Waals surface area contributed by atoms with Crippen molar-refractivity contribution in [2.24, 2.45) is 0 Å². The number of amides is 1. The van der Waals surface area contributed by atoms with Crippen LogP contribution in [0.5, 0.6) is 5.75 Å². The Bertz CT molecular complexity index is 906. The van der Waals surface area contributed by atoms with Crippen LogP contribution in [0.15, 0.2) is 60.7 Å². The number of carbonyl (C=O) groups excluding carboxylic acids is 1. The summed E-state index contributed by atoms with van der Waals surface area (Å²) in [5, 5.41) is 4.48. The molecule has 25 heavy (non-hydrogen) atoms. The van der Waals surface area contributed by atoms with Gasteiger partial charge >= 0.3 is 0 Å². The molecule has 0 aliphatic heterocycles. The van der Waals surface area contributed by atoms with E-state index in [0.717, 1.165) is 22.9 Å². The van der Waals surface area contributed by atoms with Gasteiger partial charge in [-0.15, -0.1) is 0 Å². The average molecular weight is 341 g/mol. The van der Waals surface area contributed by atoms with Gasteiger partial charge in [0.15, 0.2) is 17.7 Å². The predicted octanol–water partition coefficient (Wildman–Crippen LogP) is 4.91. The molecule has 0 fully saturated rings. The van der Waals surface area contributed by atoms with Crippen molar-refractivity contribution in [3.05, 3.63) is 72.3 Å². The van der Waals surface area contributed by atoms with Gasteiger partial charge in [-0.05, 0) is 30.0 Å². The molecule has 3 nitrogen and oxygen atoms in total. The van der Waals surface area contributed by atoms with Gasteiger partial charge in [0.1, 0.15) is 5.75 Å². The van der Waals surface area contributed by atoms with Crippen molar-refractivity contribution in [3.8, 4) is 5.75 Å². The Labute approximate surface area is 144 Å². The van der Waals surface area contributed by atoms with E-state index in [9.17, 15) is 13.6 Å². The normalized spacial score (nSPS) is 12.0. The molecule has 0 saturated carbocycles. The van der Waals surface area contributed by atoms with Gasteiger partial charge in [0.05, 0.1) is 0 Å². The molecule has 0 saturated heterocycles. The second-order valence-electron chi connectivity index (χ2n) is 5.61. The fourth-order valence-corrected chi connectivity index (χ4v) is 2.57. The first-order valence-corrected chi connectivity index (χ1v) is 7.99. The first-order valence-electron chi connectivity index (χ1n) is 7.99. The van der Waals surface area contributed by atoms with Crippen molar-refractivity contribution < 1.29 is 18.3 Å². The van der Waals surface area contributed by atoms with Crippen molar-refractivity contribution in [3.63, 3.8) is 0 Å². The van der Waals surface area contributed by atoms with Crippen LogP contribution in [0.4, 0.5) is 14.5 Å². The zero-order chi connectivity index (χ0) is 17.8. The monoisotopic (exact) mass is 341 g/mol. The summed E-state index contributed by atoms with van der Waals surface area (Å²) in [6.07, 6.45) is -0.322. The van der Waals surface area contributed by atoms with E-state index in [1.165, 1.54) is 6.07 Å². The number of rotatable bonds is 5. The Morgan fingerprint density at radius 3 is 2.56 bits per heavy atom. The molecule has 0 radical (unpaired) electrons. The fourth-order valence-electron chi connectivity index (χ4n) is 2.57. The fraction of sp³-hybridized carbons (Fsp3) is 0.150. The molecule has 1 amide bonds. The van der Waals surface area contributed by atoms with Gasteiger partial charge < -0.3 is 10.1 Å². The maximum atomic E-state index is 13.3. The van der Waals surface area contributed by atoms with Crippen LogP contribution >= 0.6 is 0 Å². The van der Waals surface area contributed by atoms with E-state index >= 15 is 0 Å². The Morgan fingerprint density at radius 2 is 1.80 bits per heavy atom. The molecule has 0 bridgehead atoms. The molecule has 0 spiro atoms. The smallest absolute Gasteiger partial charge is 0.265 e. The molecule has 0 aliphatic carbocycles. The van der Waals surface area contributed by atoms with Gasteiger partial charge in [0, 0.05) is 17.1 Å². The summed E-state index contributed by atoms with van der Waals surface area (Å²) in [5.41, 5.74) is 0.184. The van der Waals surface area contributed by atoms with E-state index in [1.807, 2.05) is 43.3 Å². The highest BCUT2D eigenvalue weighted by molar-refractivity contribution is 5.95. The Kier molecular flexibility index (Phi) is 4.93. The molecular formula is C20H17F2NO2. The lowest BCUT2D eigenvalue weighted by molar-refractivity contribution is -0.122. The Hall–Kier alpha value is -2.95. The number of ether oxygens (including phenoxy) is 1. The van der Waals surface area contributed by atoms with Crippen LogP contribution in [0.25, 0.3) is 10.8 Å². The topological polar surface area (TPSA) is 38.3 Å². The van der Waals surface area contributed by atoms with Crippen LogP contribution in [0, 0.1) is 11.6 Å². The van der Waals surface area contributed by atoms with Crippen LogP contribution in [-0.4, -0.2) is 12.0 Å². The van der Waals surface area contributed by atoms with Crippen LogP contribution in [0.3, 0.4) is 0 Å². The summed E-state index contributed by atoms with van der Waals surface area (Å²) < 4.78 is 32.1. The van der Waals surface area contributed by atoms with E-state index in [0.29, 0.717) is 12.2 Å². The summed E-state index contributed by atoms with van der Waals surface area (Å²) in [5.74, 6) is -1.79. The zero-order valence-electron chi connectivity index (χ0n) is 13.6. The third-order valence-electron chi connectivity index (χ3n) is 3.87. The second-order valence-corrected chi connectivity index (χ2v) is 5.61. The van der Waals surface area contributed by atoms with Gasteiger partial charge in [-0.1, -0.05) is 43.3 Å². The van der Waals surface area contributed by atoms with E-state index in [4.69, 9.17) is 4.74 Å². The van der Waals surface area contributed by atoms with E-state index in [2.05, 4.69) is 5.32 Å². The highest BCUT2D eigenvalue weighted by atomic mass is 19.2. The summed E-state index contributed by atoms with van der Waals surface area (Å²) in [6.45, 7) is 1.82. The van der Waals surface area contributed by atoms with Crippen LogP contribution in [0.1, 0.15) is 13.3 Å². The average Bonchev–Trinajstić information content (AvgIpc) is 2.62. The van der Waals surface area contributed by atoms with Gasteiger partial charge in [0.25, 0.3) is 5.91 Å². The number of hydrogen-bond donors (Lipinski definition) is 1. The molecule has 0 aliphatic rings. The number of anilines is 1. The standard InChI is InChI=1S/C20H17F2NO2/c1-2-18(20(24)23-14-10-11-16(21)17(22)12-14)25-19-9-5-7-13-6-3-4-8-15(13)19/h3-12,18H,2H2,1H3,(H,23,24)/t18-/m0/s1. The summed E-state index contributed by atoms with van der Waals surface area (Å²) in [7, 11) is 0. The molecule has 5 heteroatoms. The molecule has 0 aromatic heterocycles. The molecule has 0 heterocycles. The van der Waals surface area contributed by atoms with Crippen molar-refractivity contribution in [2.45, 2.75) is 19.4 Å². The van der Waals surface area contributed by atoms with Crippen LogP contribution in [0.2, 0.25) is 0 Å². The molecule has 1 atom stereocenters. The number of nitrogens with one attached hydrogen (secondary N) is 1. The lowest BCUT2D eigenvalue weighted by atomic mass is 10.1. The molecule has 128 valence electrons. The Balaban J connectivity index is 1.79. The summed E-state index contributed by atoms with van der Waals surface area (Å²) in [4.78, 5) is 12.4. The largest absolute Gasteiger partial charge is 0.480 e. The third-order valence-corrected chi connectivity index (χ3v) is 3.87. The minimum Gasteiger partial charge on any atom is -0.480 e. The van der Waals surface area contributed by atoms with Crippen molar-refractivity contribution in [2.75, 3.05) is 5.32 Å². The lowest BCUT2D eigenvalue weighted by Crippen LogP contribution is -2.32. The van der Waals surface area contributed by atoms with E-state index < -0.39 is 23.6 Å². The first kappa shape index (κ1) is 16.9. The van der Waals surface area contributed by atoms with Gasteiger partial charge in [0.2, 0.25) is 0 Å². The molecule has 0 unspecified atom stereocenters. The lowest BCUT2D eigenvalue weighted by Gasteiger charge is -2.18.